The van der Waals surface area contributed by atoms with E-state index in [0.29, 0.717) is 25.7 Å². The van der Waals surface area contributed by atoms with Crippen LogP contribution in [0.25, 0.3) is 0 Å². The van der Waals surface area contributed by atoms with Crippen molar-refractivity contribution in [3.63, 3.8) is 0 Å². The number of aliphatic hydroxyl groups is 1. The first-order chi connectivity index (χ1) is 40.5. The van der Waals surface area contributed by atoms with E-state index in [1.54, 1.807) is 0 Å². The van der Waals surface area contributed by atoms with Gasteiger partial charge in [0.2, 0.25) is 0 Å². The fraction of sp³-hybridized carbons (Fsp3) is 0.938. The molecule has 0 aromatic carbocycles. The summed E-state index contributed by atoms with van der Waals surface area (Å²) < 4.78 is 67.9. The van der Waals surface area contributed by atoms with Crippen LogP contribution in [0.4, 0.5) is 0 Å². The summed E-state index contributed by atoms with van der Waals surface area (Å²) in [6.07, 6.45) is 43.2. The first-order valence-electron chi connectivity index (χ1n) is 34.1. The van der Waals surface area contributed by atoms with Gasteiger partial charge in [-0.2, -0.15) is 0 Å². The molecule has 3 N–H and O–H groups in total. The number of ether oxygens (including phenoxy) is 4. The smallest absolute Gasteiger partial charge is 0.462 e. The van der Waals surface area contributed by atoms with Crippen molar-refractivity contribution >= 4 is 39.5 Å². The highest BCUT2D eigenvalue weighted by atomic mass is 31.2. The van der Waals surface area contributed by atoms with E-state index in [-0.39, 0.29) is 25.7 Å². The second-order valence-electron chi connectivity index (χ2n) is 24.0. The summed E-state index contributed by atoms with van der Waals surface area (Å²) >= 11 is 0. The van der Waals surface area contributed by atoms with Gasteiger partial charge in [-0.05, 0) is 31.6 Å². The summed E-state index contributed by atoms with van der Waals surface area (Å²) in [7, 11) is -9.88. The molecule has 498 valence electrons. The zero-order chi connectivity index (χ0) is 62.0. The molecule has 5 atom stereocenters. The van der Waals surface area contributed by atoms with Crippen molar-refractivity contribution in [2.45, 2.75) is 348 Å². The van der Waals surface area contributed by atoms with Crippen molar-refractivity contribution in [3.8, 4) is 0 Å². The van der Waals surface area contributed by atoms with Crippen molar-refractivity contribution in [2.24, 2.45) is 5.92 Å². The number of carbonyl (C=O) groups excluding carboxylic acids is 4. The molecule has 0 bridgehead atoms. The van der Waals surface area contributed by atoms with Gasteiger partial charge in [-0.15, -0.1) is 0 Å². The third-order valence-electron chi connectivity index (χ3n) is 15.0. The lowest BCUT2D eigenvalue weighted by Crippen LogP contribution is -2.30. The Bertz CT molecular complexity index is 1640. The number of unbranched alkanes of at least 4 members (excludes halogenated alkanes) is 37. The minimum Gasteiger partial charge on any atom is -0.462 e. The van der Waals surface area contributed by atoms with Crippen LogP contribution in [0.2, 0.25) is 0 Å². The van der Waals surface area contributed by atoms with Gasteiger partial charge in [0.05, 0.1) is 26.4 Å². The van der Waals surface area contributed by atoms with Gasteiger partial charge >= 0.3 is 39.5 Å². The summed E-state index contributed by atoms with van der Waals surface area (Å²) in [6.45, 7) is 7.13. The molecule has 0 saturated carbocycles. The van der Waals surface area contributed by atoms with Crippen LogP contribution >= 0.6 is 15.6 Å². The van der Waals surface area contributed by atoms with Crippen molar-refractivity contribution in [2.75, 3.05) is 39.6 Å². The molecule has 0 aromatic rings. The van der Waals surface area contributed by atoms with E-state index in [9.17, 15) is 43.2 Å². The molecule has 0 aromatic heterocycles. The minimum atomic E-state index is -4.94. The normalized spacial score (nSPS) is 14.2. The molecular weight excluding hydrogens is 1110 g/mol. The van der Waals surface area contributed by atoms with Crippen molar-refractivity contribution < 1.29 is 80.2 Å². The highest BCUT2D eigenvalue weighted by Gasteiger charge is 2.30. The van der Waals surface area contributed by atoms with Crippen LogP contribution in [0.3, 0.4) is 0 Å². The average molecular weight is 1240 g/mol. The molecule has 0 radical (unpaired) electrons. The molecule has 0 saturated heterocycles. The Morgan fingerprint density at radius 1 is 0.321 bits per heavy atom. The molecule has 19 heteroatoms. The fourth-order valence-electron chi connectivity index (χ4n) is 9.76. The molecule has 0 spiro atoms. The Morgan fingerprint density at radius 2 is 0.548 bits per heavy atom. The molecule has 0 heterocycles. The lowest BCUT2D eigenvalue weighted by molar-refractivity contribution is -0.161. The van der Waals surface area contributed by atoms with Crippen LogP contribution in [-0.4, -0.2) is 96.7 Å². The summed E-state index contributed by atoms with van der Waals surface area (Å²) in [5.74, 6) is -1.41. The zero-order valence-corrected chi connectivity index (χ0v) is 55.8. The van der Waals surface area contributed by atoms with Gasteiger partial charge < -0.3 is 33.8 Å². The van der Waals surface area contributed by atoms with E-state index in [4.69, 9.17) is 37.0 Å². The third-order valence-corrected chi connectivity index (χ3v) is 16.9. The van der Waals surface area contributed by atoms with Crippen LogP contribution in [0, 0.1) is 5.92 Å². The molecule has 84 heavy (non-hydrogen) atoms. The maximum absolute atomic E-state index is 13.0. The van der Waals surface area contributed by atoms with Gasteiger partial charge in [0, 0.05) is 25.7 Å². The molecule has 0 aliphatic carbocycles. The van der Waals surface area contributed by atoms with Gasteiger partial charge in [0.15, 0.2) is 12.2 Å². The maximum Gasteiger partial charge on any atom is 0.472 e. The van der Waals surface area contributed by atoms with E-state index in [1.807, 2.05) is 0 Å². The van der Waals surface area contributed by atoms with Crippen LogP contribution in [0.15, 0.2) is 0 Å². The molecule has 2 unspecified atom stereocenters. The highest BCUT2D eigenvalue weighted by Crippen LogP contribution is 2.45. The molecule has 0 aliphatic rings. The monoisotopic (exact) mass is 1240 g/mol. The largest absolute Gasteiger partial charge is 0.472 e. The van der Waals surface area contributed by atoms with Crippen LogP contribution in [-0.2, 0) is 65.4 Å². The van der Waals surface area contributed by atoms with Crippen LogP contribution < -0.4 is 0 Å². The molecule has 0 fully saturated rings. The predicted molar refractivity (Wildman–Crippen MR) is 335 cm³/mol. The van der Waals surface area contributed by atoms with Gasteiger partial charge in [-0.3, -0.25) is 37.3 Å². The van der Waals surface area contributed by atoms with Crippen LogP contribution in [0.5, 0.6) is 0 Å². The van der Waals surface area contributed by atoms with Crippen molar-refractivity contribution in [3.05, 3.63) is 0 Å². The number of phosphoric acid groups is 2. The number of hydrogen-bond acceptors (Lipinski definition) is 15. The van der Waals surface area contributed by atoms with E-state index >= 15 is 0 Å². The summed E-state index contributed by atoms with van der Waals surface area (Å²) in [6, 6.07) is 0. The summed E-state index contributed by atoms with van der Waals surface area (Å²) in [5.41, 5.74) is 0. The quantitative estimate of drug-likeness (QED) is 0.0222. The molecule has 17 nitrogen and oxygen atoms in total. The predicted octanol–water partition coefficient (Wildman–Crippen LogP) is 18.2. The Kier molecular flexibility index (Phi) is 57.4. The molecule has 0 amide bonds. The van der Waals surface area contributed by atoms with Gasteiger partial charge in [-0.1, -0.05) is 279 Å². The average Bonchev–Trinajstić information content (AvgIpc) is 3.61. The Balaban J connectivity index is 5.19. The number of rotatable bonds is 65. The lowest BCUT2D eigenvalue weighted by Gasteiger charge is -2.21. The van der Waals surface area contributed by atoms with E-state index in [1.165, 1.54) is 141 Å². The van der Waals surface area contributed by atoms with Gasteiger partial charge in [0.25, 0.3) is 0 Å². The maximum atomic E-state index is 13.0. The van der Waals surface area contributed by atoms with E-state index in [2.05, 4.69) is 34.6 Å². The SMILES string of the molecule is CCCCCCCCCCCCCCCCCCC(=O)O[C@H](COC(=O)CCCCCCCCCCC(C)C)COP(=O)(O)OC[C@@H](O)COP(=O)(O)OC[C@@H](COC(=O)CCCCCCCCC)OC(=O)CCCCCCCCCCCC. The third kappa shape index (κ3) is 59.0. The highest BCUT2D eigenvalue weighted by molar-refractivity contribution is 7.47. The Morgan fingerprint density at radius 3 is 0.810 bits per heavy atom. The second kappa shape index (κ2) is 58.7. The van der Waals surface area contributed by atoms with Gasteiger partial charge in [0.1, 0.15) is 19.3 Å². The lowest BCUT2D eigenvalue weighted by atomic mass is 10.0. The summed E-state index contributed by atoms with van der Waals surface area (Å²) in [5, 5.41) is 10.5. The molecular formula is C65H126O17P2. The number of phosphoric ester groups is 2. The minimum absolute atomic E-state index is 0.106. The topological polar surface area (TPSA) is 237 Å². The van der Waals surface area contributed by atoms with E-state index < -0.39 is 97.5 Å². The number of esters is 4. The first-order valence-corrected chi connectivity index (χ1v) is 37.1. The molecule has 0 rings (SSSR count). The second-order valence-corrected chi connectivity index (χ2v) is 26.9. The zero-order valence-electron chi connectivity index (χ0n) is 54.0. The van der Waals surface area contributed by atoms with Crippen molar-refractivity contribution in [1.29, 1.82) is 0 Å². The molecule has 0 aliphatic heterocycles. The number of aliphatic hydroxyl groups excluding tert-OH is 1. The van der Waals surface area contributed by atoms with Gasteiger partial charge in [-0.25, -0.2) is 9.13 Å². The van der Waals surface area contributed by atoms with E-state index in [0.717, 1.165) is 109 Å². The Hall–Kier alpha value is -1.94. The van der Waals surface area contributed by atoms with Crippen molar-refractivity contribution in [1.82, 2.24) is 0 Å². The van der Waals surface area contributed by atoms with Crippen LogP contribution in [0.1, 0.15) is 330 Å². The summed E-state index contributed by atoms with van der Waals surface area (Å²) in [4.78, 5) is 72.1. The first kappa shape index (κ1) is 82.1. The number of hydrogen-bond donors (Lipinski definition) is 3. The number of carbonyl (C=O) groups is 4. The Labute approximate surface area is 511 Å². The standard InChI is InChI=1S/C65H126O17P2/c1-6-9-12-15-18-20-22-23-24-25-26-27-29-36-41-46-51-65(70)82-61(55-76-63(68)49-44-39-34-31-30-33-37-42-47-58(4)5)57-80-84(73,74)78-53-59(66)52-77-83(71,72)79-56-60(54-75-62(67)48-43-38-32-17-14-11-8-3)81-64(69)50-45-40-35-28-21-19-16-13-10-7-2/h58-61,66H,6-57H2,1-5H3,(H,71,72)(H,73,74)/t59-,60+,61+/m0/s1. The fourth-order valence-corrected chi connectivity index (χ4v) is 11.3.